The van der Waals surface area contributed by atoms with Crippen molar-refractivity contribution in [2.45, 2.75) is 25.9 Å². The summed E-state index contributed by atoms with van der Waals surface area (Å²) >= 11 is 0. The molecule has 1 rings (SSSR count). The third-order valence-electron chi connectivity index (χ3n) is 1.61. The molecule has 6 nitrogen and oxygen atoms in total. The number of aliphatic hydroxyl groups is 2. The van der Waals surface area contributed by atoms with Gasteiger partial charge in [0.25, 0.3) is 0 Å². The van der Waals surface area contributed by atoms with E-state index in [-0.39, 0.29) is 12.7 Å². The molecule has 1 saturated heterocycles. The minimum atomic E-state index is -0.815. The predicted octanol–water partition coefficient (Wildman–Crippen LogP) is 0.267. The lowest BCUT2D eigenvalue weighted by molar-refractivity contribution is -0.0505. The summed E-state index contributed by atoms with van der Waals surface area (Å²) in [5.41, 5.74) is 0. The fraction of sp³-hybridized carbons (Fsp3) is 0.889. The van der Waals surface area contributed by atoms with Crippen LogP contribution < -0.4 is 0 Å². The van der Waals surface area contributed by atoms with E-state index in [1.807, 2.05) is 0 Å². The maximum Gasteiger partial charge on any atom is 0.510 e. The second-order valence-corrected chi connectivity index (χ2v) is 2.77. The molecule has 1 aliphatic rings. The molecule has 15 heavy (non-hydrogen) atoms. The van der Waals surface area contributed by atoms with Gasteiger partial charge in [0.15, 0.2) is 6.79 Å². The van der Waals surface area contributed by atoms with Gasteiger partial charge in [0.05, 0.1) is 13.2 Å². The predicted molar refractivity (Wildman–Crippen MR) is 51.3 cm³/mol. The van der Waals surface area contributed by atoms with E-state index in [0.29, 0.717) is 26.1 Å². The standard InChI is InChI=1S/C7H12O5.C2H6O/c8-5-11-7(9)12-6-1-3-10-4-2-6;1-2-3/h6,8H,1-5H2;3H,2H2,1H3. The van der Waals surface area contributed by atoms with E-state index in [9.17, 15) is 4.79 Å². The number of carbonyl (C=O) groups excluding carboxylic acids is 1. The van der Waals surface area contributed by atoms with Gasteiger partial charge in [-0.05, 0) is 6.92 Å². The van der Waals surface area contributed by atoms with Gasteiger partial charge in [-0.1, -0.05) is 0 Å². The quantitative estimate of drug-likeness (QED) is 0.515. The summed E-state index contributed by atoms with van der Waals surface area (Å²) in [6.45, 7) is 2.51. The molecule has 0 saturated carbocycles. The third-order valence-corrected chi connectivity index (χ3v) is 1.61. The Morgan fingerprint density at radius 2 is 1.93 bits per heavy atom. The van der Waals surface area contributed by atoms with E-state index < -0.39 is 12.9 Å². The Balaban J connectivity index is 0.000000583. The molecule has 2 N–H and O–H groups in total. The number of hydrogen-bond acceptors (Lipinski definition) is 6. The first-order valence-corrected chi connectivity index (χ1v) is 4.87. The minimum absolute atomic E-state index is 0.127. The molecule has 0 aliphatic carbocycles. The Morgan fingerprint density at radius 3 is 2.40 bits per heavy atom. The van der Waals surface area contributed by atoms with Crippen molar-refractivity contribution >= 4 is 6.16 Å². The molecule has 6 heteroatoms. The fourth-order valence-electron chi connectivity index (χ4n) is 1.02. The molecule has 0 unspecified atom stereocenters. The average Bonchev–Trinajstić information content (AvgIpc) is 2.20. The molecule has 90 valence electrons. The molecule has 0 radical (unpaired) electrons. The van der Waals surface area contributed by atoms with Gasteiger partial charge < -0.3 is 24.4 Å². The van der Waals surface area contributed by atoms with Crippen LogP contribution in [0.5, 0.6) is 0 Å². The Hall–Kier alpha value is -0.850. The zero-order valence-electron chi connectivity index (χ0n) is 8.85. The molecule has 1 aliphatic heterocycles. The summed E-state index contributed by atoms with van der Waals surface area (Å²) < 4.78 is 14.1. The van der Waals surface area contributed by atoms with Crippen LogP contribution in [0.3, 0.4) is 0 Å². The van der Waals surface area contributed by atoms with Crippen molar-refractivity contribution in [3.63, 3.8) is 0 Å². The highest BCUT2D eigenvalue weighted by molar-refractivity contribution is 5.59. The summed E-state index contributed by atoms with van der Waals surface area (Å²) in [6.07, 6.45) is 0.448. The maximum atomic E-state index is 10.7. The first-order valence-electron chi connectivity index (χ1n) is 4.87. The Morgan fingerprint density at radius 1 is 1.40 bits per heavy atom. The number of rotatable bonds is 2. The molecule has 0 aromatic heterocycles. The molecule has 1 heterocycles. The summed E-state index contributed by atoms with van der Waals surface area (Å²) in [7, 11) is 0. The largest absolute Gasteiger partial charge is 0.510 e. The van der Waals surface area contributed by atoms with Gasteiger partial charge in [-0.25, -0.2) is 4.79 Å². The highest BCUT2D eigenvalue weighted by atomic mass is 16.8. The molecule has 0 amide bonds. The van der Waals surface area contributed by atoms with Gasteiger partial charge in [0, 0.05) is 19.4 Å². The SMILES string of the molecule is CCO.O=C(OCO)OC1CCOCC1. The van der Waals surface area contributed by atoms with E-state index in [1.54, 1.807) is 6.92 Å². The number of carbonyl (C=O) groups is 1. The van der Waals surface area contributed by atoms with Crippen LogP contribution in [0.4, 0.5) is 4.79 Å². The maximum absolute atomic E-state index is 10.7. The van der Waals surface area contributed by atoms with Gasteiger partial charge in [0.2, 0.25) is 0 Å². The zero-order valence-corrected chi connectivity index (χ0v) is 8.85. The van der Waals surface area contributed by atoms with E-state index in [2.05, 4.69) is 4.74 Å². The van der Waals surface area contributed by atoms with Crippen LogP contribution >= 0.6 is 0 Å². The molecule has 0 bridgehead atoms. The fourth-order valence-corrected chi connectivity index (χ4v) is 1.02. The zero-order chi connectivity index (χ0) is 11.5. The molecular weight excluding hydrogens is 204 g/mol. The Bertz CT molecular complexity index is 155. The van der Waals surface area contributed by atoms with E-state index in [1.165, 1.54) is 0 Å². The first-order chi connectivity index (χ1) is 7.24. The van der Waals surface area contributed by atoms with Crippen molar-refractivity contribution in [3.8, 4) is 0 Å². The molecule has 1 fully saturated rings. The van der Waals surface area contributed by atoms with Crippen LogP contribution in [-0.4, -0.2) is 49.1 Å². The van der Waals surface area contributed by atoms with Crippen molar-refractivity contribution in [1.29, 1.82) is 0 Å². The Kier molecular flexibility index (Phi) is 9.15. The van der Waals surface area contributed by atoms with Crippen molar-refractivity contribution in [1.82, 2.24) is 0 Å². The number of aliphatic hydroxyl groups excluding tert-OH is 2. The lowest BCUT2D eigenvalue weighted by Gasteiger charge is -2.21. The van der Waals surface area contributed by atoms with Crippen molar-refractivity contribution < 1.29 is 29.2 Å². The van der Waals surface area contributed by atoms with Crippen LogP contribution in [0, 0.1) is 0 Å². The topological polar surface area (TPSA) is 85.2 Å². The molecule has 0 atom stereocenters. The van der Waals surface area contributed by atoms with E-state index in [4.69, 9.17) is 19.7 Å². The van der Waals surface area contributed by atoms with Crippen LogP contribution in [0.25, 0.3) is 0 Å². The smallest absolute Gasteiger partial charge is 0.431 e. The summed E-state index contributed by atoms with van der Waals surface area (Å²) in [4.78, 5) is 10.7. The number of hydrogen-bond donors (Lipinski definition) is 2. The minimum Gasteiger partial charge on any atom is -0.431 e. The van der Waals surface area contributed by atoms with Crippen LogP contribution in [-0.2, 0) is 14.2 Å². The van der Waals surface area contributed by atoms with E-state index >= 15 is 0 Å². The summed E-state index contributed by atoms with van der Waals surface area (Å²) in [5.74, 6) is 0. The highest BCUT2D eigenvalue weighted by Crippen LogP contribution is 2.10. The van der Waals surface area contributed by atoms with Crippen LogP contribution in [0.15, 0.2) is 0 Å². The van der Waals surface area contributed by atoms with Crippen molar-refractivity contribution in [2.24, 2.45) is 0 Å². The van der Waals surface area contributed by atoms with Gasteiger partial charge in [-0.3, -0.25) is 0 Å². The van der Waals surface area contributed by atoms with Crippen molar-refractivity contribution in [2.75, 3.05) is 26.6 Å². The molecule has 0 spiro atoms. The lowest BCUT2D eigenvalue weighted by Crippen LogP contribution is -2.26. The second-order valence-electron chi connectivity index (χ2n) is 2.77. The Labute approximate surface area is 88.7 Å². The van der Waals surface area contributed by atoms with Gasteiger partial charge in [-0.2, -0.15) is 0 Å². The molecule has 0 aromatic rings. The second kappa shape index (κ2) is 9.70. The van der Waals surface area contributed by atoms with Crippen LogP contribution in [0.2, 0.25) is 0 Å². The van der Waals surface area contributed by atoms with Gasteiger partial charge in [0.1, 0.15) is 6.10 Å². The van der Waals surface area contributed by atoms with Gasteiger partial charge in [-0.15, -0.1) is 0 Å². The first kappa shape index (κ1) is 14.2. The monoisotopic (exact) mass is 222 g/mol. The van der Waals surface area contributed by atoms with Gasteiger partial charge >= 0.3 is 6.16 Å². The third kappa shape index (κ3) is 8.17. The molecular formula is C9H18O6. The van der Waals surface area contributed by atoms with Crippen LogP contribution in [0.1, 0.15) is 19.8 Å². The van der Waals surface area contributed by atoms with E-state index in [0.717, 1.165) is 0 Å². The average molecular weight is 222 g/mol. The molecule has 0 aromatic carbocycles. The number of ether oxygens (including phenoxy) is 3. The summed E-state index contributed by atoms with van der Waals surface area (Å²) in [6, 6.07) is 0. The summed E-state index contributed by atoms with van der Waals surface area (Å²) in [5, 5.41) is 15.8. The normalized spacial score (nSPS) is 16.2. The lowest BCUT2D eigenvalue weighted by atomic mass is 10.2. The highest BCUT2D eigenvalue weighted by Gasteiger charge is 2.18. The van der Waals surface area contributed by atoms with Crippen molar-refractivity contribution in [3.05, 3.63) is 0 Å².